The number of hydrogen-bond donors (Lipinski definition) is 4. The van der Waals surface area contributed by atoms with Crippen LogP contribution in [0.2, 0.25) is 0 Å². The average molecular weight is 784 g/mol. The third-order valence-electron chi connectivity index (χ3n) is 7.36. The van der Waals surface area contributed by atoms with Crippen molar-refractivity contribution in [1.82, 2.24) is 19.6 Å². The largest absolute Gasteiger partial charge is 0.491 e. The van der Waals surface area contributed by atoms with Gasteiger partial charge in [-0.05, 0) is 31.0 Å². The minimum atomic E-state index is -1.10. The molecular formula is C29H46GdN4O11. The molecule has 45 heavy (non-hydrogen) atoms. The van der Waals surface area contributed by atoms with Gasteiger partial charge in [-0.3, -0.25) is 38.8 Å². The van der Waals surface area contributed by atoms with Gasteiger partial charge < -0.3 is 34.6 Å². The molecule has 16 heteroatoms. The first-order valence-electron chi connectivity index (χ1n) is 14.6. The molecular weight excluding hydrogens is 738 g/mol. The maximum atomic E-state index is 12.5. The molecule has 2 atom stereocenters. The summed E-state index contributed by atoms with van der Waals surface area (Å²) in [4.78, 5) is 54.5. The second kappa shape index (κ2) is 22.5. The number of hydrogen-bond acceptors (Lipinski definition) is 11. The number of aliphatic carboxylic acids is 4. The number of carboxylic acid groups (broad SMARTS) is 4. The van der Waals surface area contributed by atoms with E-state index in [2.05, 4.69) is 0 Å². The zero-order chi connectivity index (χ0) is 32.5. The van der Waals surface area contributed by atoms with Gasteiger partial charge in [-0.1, -0.05) is 12.1 Å². The number of nitrogens with zero attached hydrogens (tertiary/aromatic N) is 4. The van der Waals surface area contributed by atoms with Gasteiger partial charge >= 0.3 is 23.9 Å². The molecule has 256 valence electrons. The Hall–Kier alpha value is -2.02. The van der Waals surface area contributed by atoms with Crippen molar-refractivity contribution in [3.05, 3.63) is 29.8 Å². The minimum Gasteiger partial charge on any atom is -0.491 e. The smallest absolute Gasteiger partial charge is 0.323 e. The first-order chi connectivity index (χ1) is 21.0. The number of benzene rings is 1. The van der Waals surface area contributed by atoms with Gasteiger partial charge in [-0.15, -0.1) is 0 Å². The SMILES string of the molecule is CCOCCOc1ccc(CC(C(=O)O)N2CCN(CC(=O)O)CCN(C(COC)C(=O)O)CCN(CC(=O)O)CC2)cc1.[Gd]. The molecule has 0 radical (unpaired) electrons. The number of carboxylic acids is 4. The van der Waals surface area contributed by atoms with E-state index in [0.717, 1.165) is 5.56 Å². The second-order valence-electron chi connectivity index (χ2n) is 10.5. The van der Waals surface area contributed by atoms with E-state index in [1.807, 2.05) is 6.92 Å². The number of methoxy groups -OCH3 is 1. The first kappa shape index (κ1) is 41.0. The first-order valence-corrected chi connectivity index (χ1v) is 14.6. The zero-order valence-electron chi connectivity index (χ0n) is 25.9. The van der Waals surface area contributed by atoms with Crippen molar-refractivity contribution in [2.24, 2.45) is 0 Å². The van der Waals surface area contributed by atoms with Gasteiger partial charge in [0.2, 0.25) is 0 Å². The fourth-order valence-corrected chi connectivity index (χ4v) is 5.02. The van der Waals surface area contributed by atoms with E-state index in [0.29, 0.717) is 25.6 Å². The number of ether oxygens (including phenoxy) is 3. The molecule has 0 aliphatic carbocycles. The van der Waals surface area contributed by atoms with Crippen LogP contribution in [0.3, 0.4) is 0 Å². The van der Waals surface area contributed by atoms with Crippen LogP contribution in [0, 0.1) is 39.9 Å². The summed E-state index contributed by atoms with van der Waals surface area (Å²) < 4.78 is 16.0. The Morgan fingerprint density at radius 2 is 1.20 bits per heavy atom. The standard InChI is InChI=1S/C29H46N4O11.Gd/c1-3-43-16-17-44-23-6-4-22(5-7-23)18-24(28(38)39)32-12-8-30(19-26(34)35)10-14-33(25(21-42-2)29(40)41)15-11-31(9-13-32)20-27(36)37;/h4-7,24-25H,3,8-21H2,1-2H3,(H,34,35)(H,36,37)(H,38,39)(H,40,41);. The van der Waals surface area contributed by atoms with Crippen LogP contribution in [-0.4, -0.2) is 175 Å². The summed E-state index contributed by atoms with van der Waals surface area (Å²) in [6.45, 7) is 4.22. The summed E-state index contributed by atoms with van der Waals surface area (Å²) in [6.07, 6.45) is 0.164. The van der Waals surface area contributed by atoms with Crippen LogP contribution >= 0.6 is 0 Å². The summed E-state index contributed by atoms with van der Waals surface area (Å²) in [5.41, 5.74) is 0.763. The Balaban J connectivity index is 0.0000101. The van der Waals surface area contributed by atoms with E-state index < -0.39 is 36.0 Å². The van der Waals surface area contributed by atoms with Gasteiger partial charge in [0, 0.05) is 106 Å². The van der Waals surface area contributed by atoms with Crippen LogP contribution in [0.4, 0.5) is 0 Å². The molecule has 1 fully saturated rings. The van der Waals surface area contributed by atoms with Crippen molar-refractivity contribution >= 4 is 23.9 Å². The number of carbonyl (C=O) groups is 4. The van der Waals surface area contributed by atoms with E-state index >= 15 is 0 Å². The topological polar surface area (TPSA) is 190 Å². The fraction of sp³-hybridized carbons (Fsp3) is 0.655. The van der Waals surface area contributed by atoms with Crippen molar-refractivity contribution in [2.45, 2.75) is 25.4 Å². The summed E-state index contributed by atoms with van der Waals surface area (Å²) in [6, 6.07) is 5.15. The van der Waals surface area contributed by atoms with Crippen molar-refractivity contribution < 1.29 is 93.8 Å². The van der Waals surface area contributed by atoms with Gasteiger partial charge in [-0.2, -0.15) is 0 Å². The van der Waals surface area contributed by atoms with E-state index in [-0.39, 0.29) is 118 Å². The van der Waals surface area contributed by atoms with Crippen LogP contribution in [0.25, 0.3) is 0 Å². The zero-order valence-corrected chi connectivity index (χ0v) is 28.1. The molecule has 1 aliphatic heterocycles. The Kier molecular flexibility index (Phi) is 20.5. The molecule has 1 saturated heterocycles. The summed E-state index contributed by atoms with van der Waals surface area (Å²) >= 11 is 0. The quantitative estimate of drug-likeness (QED) is 0.149. The molecule has 1 aliphatic rings. The molecule has 2 unspecified atom stereocenters. The molecule has 0 aromatic heterocycles. The maximum Gasteiger partial charge on any atom is 0.323 e. The van der Waals surface area contributed by atoms with Crippen molar-refractivity contribution in [1.29, 1.82) is 0 Å². The molecule has 1 heterocycles. The molecule has 1 aromatic carbocycles. The third kappa shape index (κ3) is 15.9. The van der Waals surface area contributed by atoms with Crippen LogP contribution in [-0.2, 0) is 35.1 Å². The summed E-state index contributed by atoms with van der Waals surface area (Å²) in [5, 5.41) is 39.1. The van der Waals surface area contributed by atoms with E-state index in [1.165, 1.54) is 7.11 Å². The van der Waals surface area contributed by atoms with E-state index in [9.17, 15) is 39.6 Å². The van der Waals surface area contributed by atoms with Gasteiger partial charge in [0.15, 0.2) is 0 Å². The molecule has 15 nitrogen and oxygen atoms in total. The van der Waals surface area contributed by atoms with Gasteiger partial charge in [-0.25, -0.2) is 0 Å². The molecule has 0 saturated carbocycles. The summed E-state index contributed by atoms with van der Waals surface area (Å²) in [7, 11) is 1.39. The normalized spacial score (nSPS) is 17.6. The monoisotopic (exact) mass is 784 g/mol. The Bertz CT molecular complexity index is 1020. The van der Waals surface area contributed by atoms with Gasteiger partial charge in [0.1, 0.15) is 24.4 Å². The van der Waals surface area contributed by atoms with Crippen LogP contribution in [0.15, 0.2) is 24.3 Å². The van der Waals surface area contributed by atoms with E-state index in [4.69, 9.17) is 14.2 Å². The van der Waals surface area contributed by atoms with E-state index in [1.54, 1.807) is 43.9 Å². The fourth-order valence-electron chi connectivity index (χ4n) is 5.02. The summed E-state index contributed by atoms with van der Waals surface area (Å²) in [5.74, 6) is -3.65. The minimum absolute atomic E-state index is 0. The van der Waals surface area contributed by atoms with Gasteiger partial charge in [0.05, 0.1) is 26.3 Å². The predicted molar refractivity (Wildman–Crippen MR) is 158 cm³/mol. The Labute approximate surface area is 295 Å². The molecule has 1 aromatic rings. The molecule has 4 N–H and O–H groups in total. The van der Waals surface area contributed by atoms with Gasteiger partial charge in [0.25, 0.3) is 0 Å². The second-order valence-corrected chi connectivity index (χ2v) is 10.5. The maximum absolute atomic E-state index is 12.5. The molecule has 0 amide bonds. The average Bonchev–Trinajstić information content (AvgIpc) is 2.96. The molecule has 0 bridgehead atoms. The molecule has 0 spiro atoms. The Morgan fingerprint density at radius 1 is 0.733 bits per heavy atom. The number of rotatable bonds is 17. The van der Waals surface area contributed by atoms with Crippen molar-refractivity contribution in [3.8, 4) is 5.75 Å². The van der Waals surface area contributed by atoms with Crippen LogP contribution < -0.4 is 4.74 Å². The third-order valence-corrected chi connectivity index (χ3v) is 7.36. The Morgan fingerprint density at radius 3 is 1.60 bits per heavy atom. The predicted octanol–water partition coefficient (Wildman–Crippen LogP) is -0.412. The van der Waals surface area contributed by atoms with Crippen LogP contribution in [0.5, 0.6) is 5.75 Å². The van der Waals surface area contributed by atoms with Crippen LogP contribution in [0.1, 0.15) is 12.5 Å². The molecule has 2 rings (SSSR count). The van der Waals surface area contributed by atoms with Crippen molar-refractivity contribution in [3.63, 3.8) is 0 Å². The van der Waals surface area contributed by atoms with Crippen molar-refractivity contribution in [2.75, 3.05) is 99.0 Å².